The minimum absolute atomic E-state index is 0.217. The van der Waals surface area contributed by atoms with Crippen LogP contribution in [0.25, 0.3) is 5.70 Å². The van der Waals surface area contributed by atoms with Crippen LogP contribution in [0.5, 0.6) is 0 Å². The molecule has 122 valence electrons. The maximum Gasteiger partial charge on any atom is 0.236 e. The van der Waals surface area contributed by atoms with Crippen LogP contribution < -0.4 is 16.2 Å². The van der Waals surface area contributed by atoms with Gasteiger partial charge in [0.05, 0.1) is 11.1 Å². The Morgan fingerprint density at radius 1 is 1.25 bits per heavy atom. The Kier molecular flexibility index (Phi) is 3.34. The second-order valence-electron chi connectivity index (χ2n) is 5.85. The number of halogens is 1. The molecule has 0 atom stereocenters. The van der Waals surface area contributed by atoms with Crippen molar-refractivity contribution in [2.75, 3.05) is 5.32 Å². The lowest BCUT2D eigenvalue weighted by Crippen LogP contribution is -2.29. The van der Waals surface area contributed by atoms with Gasteiger partial charge >= 0.3 is 0 Å². The molecule has 1 aromatic carbocycles. The highest BCUT2D eigenvalue weighted by Crippen LogP contribution is 2.49. The average Bonchev–Trinajstić information content (AvgIpc) is 3.29. The van der Waals surface area contributed by atoms with Crippen molar-refractivity contribution in [2.45, 2.75) is 18.3 Å². The minimum atomic E-state index is -0.773. The molecule has 0 bridgehead atoms. The second kappa shape index (κ2) is 5.52. The smallest absolute Gasteiger partial charge is 0.236 e. The summed E-state index contributed by atoms with van der Waals surface area (Å²) in [6, 6.07) is 8.16. The van der Waals surface area contributed by atoms with Crippen molar-refractivity contribution in [3.05, 3.63) is 66.4 Å². The van der Waals surface area contributed by atoms with Crippen molar-refractivity contribution in [3.63, 3.8) is 0 Å². The number of anilines is 1. The number of allylic oxidation sites excluding steroid dienone is 2. The van der Waals surface area contributed by atoms with E-state index in [1.54, 1.807) is 47.5 Å². The molecule has 3 N–H and O–H groups in total. The molecule has 6 nitrogen and oxygen atoms in total. The summed E-state index contributed by atoms with van der Waals surface area (Å²) in [5.41, 5.74) is 6.18. The summed E-state index contributed by atoms with van der Waals surface area (Å²) in [5.74, 6) is -0.118. The highest BCUT2D eigenvalue weighted by Gasteiger charge is 2.52. The van der Waals surface area contributed by atoms with Crippen LogP contribution in [0.15, 0.2) is 55.0 Å². The van der Waals surface area contributed by atoms with Gasteiger partial charge in [-0.2, -0.15) is 5.10 Å². The third-order valence-electron chi connectivity index (χ3n) is 4.31. The molecule has 1 aliphatic carbocycles. The van der Waals surface area contributed by atoms with Crippen LogP contribution in [0.2, 0.25) is 0 Å². The second-order valence-corrected chi connectivity index (χ2v) is 5.85. The van der Waals surface area contributed by atoms with E-state index in [9.17, 15) is 9.18 Å². The summed E-state index contributed by atoms with van der Waals surface area (Å²) < 4.78 is 15.7. The van der Waals surface area contributed by atoms with Crippen LogP contribution in [0.3, 0.4) is 0 Å². The fourth-order valence-electron chi connectivity index (χ4n) is 2.84. The Morgan fingerprint density at radius 2 is 2.08 bits per heavy atom. The quantitative estimate of drug-likeness (QED) is 0.805. The maximum absolute atomic E-state index is 14.0. The van der Waals surface area contributed by atoms with Gasteiger partial charge in [0.2, 0.25) is 5.91 Å². The highest BCUT2D eigenvalue weighted by atomic mass is 19.1. The molecule has 0 radical (unpaired) electrons. The molecule has 7 heteroatoms. The maximum atomic E-state index is 14.0. The van der Waals surface area contributed by atoms with E-state index in [1.807, 2.05) is 6.08 Å². The van der Waals surface area contributed by atoms with Gasteiger partial charge < -0.3 is 16.2 Å². The predicted molar refractivity (Wildman–Crippen MR) is 87.9 cm³/mol. The van der Waals surface area contributed by atoms with E-state index in [0.717, 1.165) is 5.70 Å². The number of nitrogens with one attached hydrogen (secondary N) is 3. The number of aromatic nitrogens is 2. The third-order valence-corrected chi connectivity index (χ3v) is 4.31. The zero-order valence-electron chi connectivity index (χ0n) is 12.8. The number of benzene rings is 1. The predicted octanol–water partition coefficient (Wildman–Crippen LogP) is 2.11. The van der Waals surface area contributed by atoms with E-state index < -0.39 is 5.41 Å². The largest absolute Gasteiger partial charge is 0.309 e. The first kappa shape index (κ1) is 14.5. The number of nitrogens with zero attached hydrogens (tertiary/aromatic N) is 2. The van der Waals surface area contributed by atoms with Gasteiger partial charge in [-0.25, -0.2) is 9.07 Å². The molecule has 1 aromatic heterocycles. The summed E-state index contributed by atoms with van der Waals surface area (Å²) in [4.78, 5) is 12.7. The average molecular weight is 325 g/mol. The van der Waals surface area contributed by atoms with Gasteiger partial charge in [-0.1, -0.05) is 18.2 Å². The molecule has 1 aliphatic heterocycles. The molecule has 0 saturated heterocycles. The third kappa shape index (κ3) is 2.44. The molecule has 0 unspecified atom stereocenters. The van der Waals surface area contributed by atoms with Gasteiger partial charge in [0.15, 0.2) is 5.82 Å². The molecule has 1 fully saturated rings. The number of hydrazine groups is 1. The van der Waals surface area contributed by atoms with Crippen LogP contribution in [-0.4, -0.2) is 15.7 Å². The van der Waals surface area contributed by atoms with Gasteiger partial charge in [-0.05, 0) is 25.0 Å². The Bertz CT molecular complexity index is 850. The van der Waals surface area contributed by atoms with Crippen LogP contribution in [-0.2, 0) is 10.2 Å². The summed E-state index contributed by atoms with van der Waals surface area (Å²) in [6.07, 6.45) is 8.37. The molecule has 1 amide bonds. The first-order valence-corrected chi connectivity index (χ1v) is 7.69. The van der Waals surface area contributed by atoms with Crippen LogP contribution >= 0.6 is 0 Å². The number of rotatable bonds is 4. The summed E-state index contributed by atoms with van der Waals surface area (Å²) >= 11 is 0. The number of hydrogen-bond donors (Lipinski definition) is 3. The molecular formula is C17H16FN5O. The standard InChI is InChI=1S/C17H16FN5O/c18-14-4-2-1-3-13(14)17(7-8-17)16(24)21-15-6-10-23(22-15)12-5-9-19-20-11-12/h1-6,9-11,19-20H,7-8H2,(H,21,22,24). The Balaban J connectivity index is 1.53. The van der Waals surface area contributed by atoms with Crippen LogP contribution in [0.1, 0.15) is 18.4 Å². The summed E-state index contributed by atoms with van der Waals surface area (Å²) in [7, 11) is 0. The summed E-state index contributed by atoms with van der Waals surface area (Å²) in [5, 5.41) is 7.14. The Labute approximate surface area is 138 Å². The SMILES string of the molecule is O=C(Nc1ccn(C2=CNNC=C2)n1)C1(c2ccccc2F)CC1. The van der Waals surface area contributed by atoms with E-state index in [-0.39, 0.29) is 11.7 Å². The van der Waals surface area contributed by atoms with Gasteiger partial charge in [0.25, 0.3) is 0 Å². The van der Waals surface area contributed by atoms with Gasteiger partial charge in [-0.15, -0.1) is 0 Å². The number of carbonyl (C=O) groups is 1. The molecule has 2 aliphatic rings. The number of hydrogen-bond acceptors (Lipinski definition) is 4. The van der Waals surface area contributed by atoms with E-state index in [1.165, 1.54) is 6.07 Å². The first-order chi connectivity index (χ1) is 11.7. The van der Waals surface area contributed by atoms with E-state index in [0.29, 0.717) is 24.2 Å². The zero-order valence-corrected chi connectivity index (χ0v) is 12.8. The van der Waals surface area contributed by atoms with Crippen molar-refractivity contribution < 1.29 is 9.18 Å². The van der Waals surface area contributed by atoms with Gasteiger partial charge in [0.1, 0.15) is 5.82 Å². The number of amides is 1. The lowest BCUT2D eigenvalue weighted by Gasteiger charge is -2.15. The molecule has 4 rings (SSSR count). The van der Waals surface area contributed by atoms with Crippen molar-refractivity contribution in [1.82, 2.24) is 20.6 Å². The van der Waals surface area contributed by atoms with Crippen molar-refractivity contribution in [3.8, 4) is 0 Å². The molecule has 24 heavy (non-hydrogen) atoms. The molecular weight excluding hydrogens is 309 g/mol. The lowest BCUT2D eigenvalue weighted by molar-refractivity contribution is -0.118. The number of carbonyl (C=O) groups excluding carboxylic acids is 1. The van der Waals surface area contributed by atoms with Crippen LogP contribution in [0.4, 0.5) is 10.2 Å². The molecule has 2 heterocycles. The van der Waals surface area contributed by atoms with Gasteiger partial charge in [0, 0.05) is 30.2 Å². The van der Waals surface area contributed by atoms with Crippen molar-refractivity contribution >= 4 is 17.4 Å². The fourth-order valence-corrected chi connectivity index (χ4v) is 2.84. The minimum Gasteiger partial charge on any atom is -0.309 e. The first-order valence-electron chi connectivity index (χ1n) is 7.69. The molecule has 0 spiro atoms. The van der Waals surface area contributed by atoms with E-state index >= 15 is 0 Å². The topological polar surface area (TPSA) is 71.0 Å². The molecule has 1 saturated carbocycles. The van der Waals surface area contributed by atoms with E-state index in [2.05, 4.69) is 21.3 Å². The highest BCUT2D eigenvalue weighted by molar-refractivity contribution is 6.00. The Hall–Kier alpha value is -3.09. The van der Waals surface area contributed by atoms with E-state index in [4.69, 9.17) is 0 Å². The lowest BCUT2D eigenvalue weighted by atomic mass is 9.94. The monoisotopic (exact) mass is 325 g/mol. The zero-order chi connectivity index (χ0) is 16.6. The normalized spacial score (nSPS) is 17.5. The Morgan fingerprint density at radius 3 is 2.79 bits per heavy atom. The van der Waals surface area contributed by atoms with Crippen LogP contribution in [0, 0.1) is 5.82 Å². The van der Waals surface area contributed by atoms with Crippen molar-refractivity contribution in [1.29, 1.82) is 0 Å². The van der Waals surface area contributed by atoms with Gasteiger partial charge in [-0.3, -0.25) is 4.79 Å². The fraction of sp³-hybridized carbons (Fsp3) is 0.176. The van der Waals surface area contributed by atoms with Crippen molar-refractivity contribution in [2.24, 2.45) is 0 Å². The molecule has 2 aromatic rings. The summed E-state index contributed by atoms with van der Waals surface area (Å²) in [6.45, 7) is 0.